The van der Waals surface area contributed by atoms with E-state index in [0.29, 0.717) is 0 Å². The minimum Gasteiger partial charge on any atom is -0.335 e. The summed E-state index contributed by atoms with van der Waals surface area (Å²) in [6, 6.07) is 0.0600. The Bertz CT molecular complexity index is 198. The summed E-state index contributed by atoms with van der Waals surface area (Å²) in [5.41, 5.74) is -0.0864. The van der Waals surface area contributed by atoms with E-state index in [0.717, 1.165) is 0 Å². The molecule has 0 aliphatic carbocycles. The van der Waals surface area contributed by atoms with Gasteiger partial charge in [0.25, 0.3) is 0 Å². The molecule has 3 heteroatoms. The van der Waals surface area contributed by atoms with Crippen molar-refractivity contribution < 1.29 is 4.79 Å². The largest absolute Gasteiger partial charge is 0.335 e. The van der Waals surface area contributed by atoms with Crippen LogP contribution in [-0.2, 0) is 0 Å². The molecule has 0 saturated carbocycles. The molecule has 0 saturated heterocycles. The van der Waals surface area contributed by atoms with Crippen molar-refractivity contribution >= 4 is 6.03 Å². The summed E-state index contributed by atoms with van der Waals surface area (Å²) in [5, 5.41) is 5.80. The average molecular weight is 200 g/mol. The molecule has 0 spiro atoms. The first-order chi connectivity index (χ1) is 6.02. The summed E-state index contributed by atoms with van der Waals surface area (Å²) >= 11 is 0. The molecule has 0 fully saturated rings. The van der Waals surface area contributed by atoms with E-state index in [1.54, 1.807) is 0 Å². The normalized spacial score (nSPS) is 14.8. The quantitative estimate of drug-likeness (QED) is 0.671. The van der Waals surface area contributed by atoms with Gasteiger partial charge in [-0.05, 0) is 33.1 Å². The van der Waals surface area contributed by atoms with Gasteiger partial charge in [0.05, 0.1) is 0 Å². The SMILES string of the molecule is C[C@@H](NC(=O)NC(C)(C)C)C(C)(C)C. The van der Waals surface area contributed by atoms with Gasteiger partial charge in [0.1, 0.15) is 0 Å². The van der Waals surface area contributed by atoms with Crippen LogP contribution in [0.5, 0.6) is 0 Å². The maximum Gasteiger partial charge on any atom is 0.315 e. The van der Waals surface area contributed by atoms with Gasteiger partial charge in [-0.1, -0.05) is 20.8 Å². The van der Waals surface area contributed by atoms with Gasteiger partial charge in [-0.2, -0.15) is 0 Å². The van der Waals surface area contributed by atoms with Crippen LogP contribution < -0.4 is 10.6 Å². The predicted molar refractivity (Wildman–Crippen MR) is 60.3 cm³/mol. The fourth-order valence-corrected chi connectivity index (χ4v) is 0.790. The zero-order valence-corrected chi connectivity index (χ0v) is 10.5. The smallest absolute Gasteiger partial charge is 0.315 e. The zero-order chi connectivity index (χ0) is 11.6. The summed E-state index contributed by atoms with van der Waals surface area (Å²) in [5.74, 6) is 0. The van der Waals surface area contributed by atoms with Crippen LogP contribution in [0.15, 0.2) is 0 Å². The Balaban J connectivity index is 4.09. The summed E-state index contributed by atoms with van der Waals surface area (Å²) in [4.78, 5) is 11.5. The molecule has 2 amide bonds. The highest BCUT2D eigenvalue weighted by atomic mass is 16.2. The number of carbonyl (C=O) groups excluding carboxylic acids is 1. The van der Waals surface area contributed by atoms with Crippen LogP contribution in [0.1, 0.15) is 48.5 Å². The van der Waals surface area contributed by atoms with E-state index in [-0.39, 0.29) is 23.0 Å². The maximum atomic E-state index is 11.5. The van der Waals surface area contributed by atoms with Gasteiger partial charge in [0, 0.05) is 11.6 Å². The lowest BCUT2D eigenvalue weighted by Gasteiger charge is -2.30. The van der Waals surface area contributed by atoms with Crippen molar-refractivity contribution in [3.63, 3.8) is 0 Å². The van der Waals surface area contributed by atoms with Crippen LogP contribution >= 0.6 is 0 Å². The van der Waals surface area contributed by atoms with Crippen molar-refractivity contribution in [3.05, 3.63) is 0 Å². The van der Waals surface area contributed by atoms with Crippen LogP contribution in [0.2, 0.25) is 0 Å². The topological polar surface area (TPSA) is 41.1 Å². The van der Waals surface area contributed by atoms with Crippen molar-refractivity contribution in [1.29, 1.82) is 0 Å². The molecule has 0 radical (unpaired) electrons. The fourth-order valence-electron chi connectivity index (χ4n) is 0.790. The van der Waals surface area contributed by atoms with Crippen molar-refractivity contribution in [1.82, 2.24) is 10.6 Å². The van der Waals surface area contributed by atoms with Gasteiger partial charge in [0.2, 0.25) is 0 Å². The van der Waals surface area contributed by atoms with E-state index < -0.39 is 0 Å². The van der Waals surface area contributed by atoms with Crippen molar-refractivity contribution in [2.75, 3.05) is 0 Å². The molecule has 0 aromatic heterocycles. The predicted octanol–water partition coefficient (Wildman–Crippen LogP) is 2.52. The average Bonchev–Trinajstić information content (AvgIpc) is 1.79. The standard InChI is InChI=1S/C11H24N2O/c1-8(10(2,3)4)12-9(14)13-11(5,6)7/h8H,1-7H3,(H2,12,13,14)/t8-/m1/s1. The molecular weight excluding hydrogens is 176 g/mol. The van der Waals surface area contributed by atoms with E-state index in [4.69, 9.17) is 0 Å². The van der Waals surface area contributed by atoms with Gasteiger partial charge in [0.15, 0.2) is 0 Å². The second-order valence-electron chi connectivity index (χ2n) is 5.94. The van der Waals surface area contributed by atoms with E-state index in [1.807, 2.05) is 27.7 Å². The fraction of sp³-hybridized carbons (Fsp3) is 0.909. The Labute approximate surface area is 87.6 Å². The summed E-state index contributed by atoms with van der Waals surface area (Å²) < 4.78 is 0. The minimum absolute atomic E-state index is 0.0925. The Hall–Kier alpha value is -0.730. The third kappa shape index (κ3) is 5.84. The van der Waals surface area contributed by atoms with Crippen molar-refractivity contribution in [3.8, 4) is 0 Å². The number of hydrogen-bond donors (Lipinski definition) is 2. The monoisotopic (exact) mass is 200 g/mol. The molecule has 0 heterocycles. The highest BCUT2D eigenvalue weighted by Crippen LogP contribution is 2.18. The summed E-state index contributed by atoms with van der Waals surface area (Å²) in [6.07, 6.45) is 0. The number of rotatable bonds is 1. The van der Waals surface area contributed by atoms with Crippen LogP contribution in [0.4, 0.5) is 4.79 Å². The molecule has 1 atom stereocenters. The Kier molecular flexibility index (Phi) is 3.98. The molecule has 84 valence electrons. The Morgan fingerprint density at radius 2 is 1.50 bits per heavy atom. The number of hydrogen-bond acceptors (Lipinski definition) is 1. The lowest BCUT2D eigenvalue weighted by molar-refractivity contribution is 0.214. The summed E-state index contributed by atoms with van der Waals surface area (Å²) in [7, 11) is 0. The molecule has 0 aromatic carbocycles. The Morgan fingerprint density at radius 1 is 1.07 bits per heavy atom. The number of carbonyl (C=O) groups is 1. The molecular formula is C11H24N2O. The number of urea groups is 1. The molecule has 0 aromatic rings. The lowest BCUT2D eigenvalue weighted by atomic mass is 9.88. The number of amides is 2. The molecule has 0 rings (SSSR count). The molecule has 2 N–H and O–H groups in total. The highest BCUT2D eigenvalue weighted by molar-refractivity contribution is 5.75. The van der Waals surface area contributed by atoms with Gasteiger partial charge in [-0.15, -0.1) is 0 Å². The second kappa shape index (κ2) is 4.20. The molecule has 0 unspecified atom stereocenters. The van der Waals surface area contributed by atoms with Crippen LogP contribution in [-0.4, -0.2) is 17.6 Å². The highest BCUT2D eigenvalue weighted by Gasteiger charge is 2.23. The van der Waals surface area contributed by atoms with Crippen molar-refractivity contribution in [2.24, 2.45) is 5.41 Å². The van der Waals surface area contributed by atoms with E-state index in [9.17, 15) is 4.79 Å². The molecule has 0 aliphatic heterocycles. The van der Waals surface area contributed by atoms with Gasteiger partial charge in [-0.3, -0.25) is 0 Å². The second-order valence-corrected chi connectivity index (χ2v) is 5.94. The Morgan fingerprint density at radius 3 is 1.79 bits per heavy atom. The van der Waals surface area contributed by atoms with Crippen LogP contribution in [0.25, 0.3) is 0 Å². The van der Waals surface area contributed by atoms with E-state index in [2.05, 4.69) is 31.4 Å². The zero-order valence-electron chi connectivity index (χ0n) is 10.5. The molecule has 0 bridgehead atoms. The first-order valence-electron chi connectivity index (χ1n) is 5.11. The minimum atomic E-state index is -0.179. The third-order valence-electron chi connectivity index (χ3n) is 2.14. The van der Waals surface area contributed by atoms with Gasteiger partial charge >= 0.3 is 6.03 Å². The molecule has 14 heavy (non-hydrogen) atoms. The van der Waals surface area contributed by atoms with Gasteiger partial charge < -0.3 is 10.6 Å². The first kappa shape index (κ1) is 13.3. The number of nitrogens with one attached hydrogen (secondary N) is 2. The van der Waals surface area contributed by atoms with Crippen LogP contribution in [0, 0.1) is 5.41 Å². The third-order valence-corrected chi connectivity index (χ3v) is 2.14. The van der Waals surface area contributed by atoms with Crippen LogP contribution in [0.3, 0.4) is 0 Å². The van der Waals surface area contributed by atoms with E-state index >= 15 is 0 Å². The van der Waals surface area contributed by atoms with Crippen molar-refractivity contribution in [2.45, 2.75) is 60.0 Å². The summed E-state index contributed by atoms with van der Waals surface area (Å²) in [6.45, 7) is 14.2. The lowest BCUT2D eigenvalue weighted by Crippen LogP contribution is -2.51. The first-order valence-corrected chi connectivity index (χ1v) is 5.11. The van der Waals surface area contributed by atoms with Gasteiger partial charge in [-0.25, -0.2) is 4.79 Å². The maximum absolute atomic E-state index is 11.5. The molecule has 3 nitrogen and oxygen atoms in total. The van der Waals surface area contributed by atoms with E-state index in [1.165, 1.54) is 0 Å². The molecule has 0 aliphatic rings.